The Balaban J connectivity index is 1.79. The van der Waals surface area contributed by atoms with Crippen LogP contribution in [0, 0.1) is 6.92 Å². The van der Waals surface area contributed by atoms with Gasteiger partial charge >= 0.3 is 0 Å². The van der Waals surface area contributed by atoms with E-state index in [4.69, 9.17) is 4.12 Å². The van der Waals surface area contributed by atoms with Gasteiger partial charge in [-0.15, -0.1) is 0 Å². The van der Waals surface area contributed by atoms with Gasteiger partial charge in [0.05, 0.1) is 0 Å². The van der Waals surface area contributed by atoms with Gasteiger partial charge in [-0.3, -0.25) is 0 Å². The Hall–Kier alpha value is -3.51. The summed E-state index contributed by atoms with van der Waals surface area (Å²) in [6.07, 6.45) is 0. The molecule has 0 atom stereocenters. The second-order valence-electron chi connectivity index (χ2n) is 8.93. The van der Waals surface area contributed by atoms with Crippen molar-refractivity contribution in [1.82, 2.24) is 0 Å². The van der Waals surface area contributed by atoms with E-state index in [1.165, 1.54) is 36.7 Å². The molecule has 6 rings (SSSR count). The summed E-state index contributed by atoms with van der Waals surface area (Å²) in [5.74, 6) is 0. The third-order valence-corrected chi connectivity index (χ3v) is 16.9. The van der Waals surface area contributed by atoms with E-state index >= 15 is 0 Å². The highest BCUT2D eigenvalue weighted by molar-refractivity contribution is 7.25. The molecule has 3 heteroatoms. The molecule has 0 bridgehead atoms. The molecule has 0 radical (unpaired) electrons. The van der Waals surface area contributed by atoms with Crippen molar-refractivity contribution >= 4 is 47.8 Å². The van der Waals surface area contributed by atoms with Gasteiger partial charge in [0.2, 0.25) is 0 Å². The van der Waals surface area contributed by atoms with Crippen LogP contribution >= 0.6 is 0 Å². The van der Waals surface area contributed by atoms with Crippen LogP contribution in [0.5, 0.6) is 0 Å². The van der Waals surface area contributed by atoms with Crippen LogP contribution in [-0.4, -0.2) is 16.6 Å². The summed E-state index contributed by atoms with van der Waals surface area (Å²) in [6.45, 7) is 2.26. The van der Waals surface area contributed by atoms with Crippen molar-refractivity contribution in [3.63, 3.8) is 0 Å². The lowest BCUT2D eigenvalue weighted by molar-refractivity contribution is 0.609. The first-order chi connectivity index (χ1) is 16.8. The molecule has 1 heterocycles. The molecule has 5 aromatic rings. The lowest BCUT2D eigenvalue weighted by atomic mass is 10.2. The molecule has 0 saturated carbocycles. The van der Waals surface area contributed by atoms with Crippen molar-refractivity contribution in [2.45, 2.75) is 6.92 Å². The third-order valence-electron chi connectivity index (χ3n) is 7.03. The van der Waals surface area contributed by atoms with Gasteiger partial charge in [-0.1, -0.05) is 140 Å². The smallest absolute Gasteiger partial charge is 0.279 e. The number of rotatable bonds is 4. The predicted molar refractivity (Wildman–Crippen MR) is 147 cm³/mol. The van der Waals surface area contributed by atoms with E-state index < -0.39 is 16.6 Å². The molecule has 0 fully saturated rings. The number of hydrogen-bond donors (Lipinski definition) is 0. The molecule has 0 saturated heterocycles. The third kappa shape index (κ3) is 3.02. The first-order valence-corrected chi connectivity index (χ1v) is 15.6. The second kappa shape index (κ2) is 8.37. The van der Waals surface area contributed by atoms with E-state index in [2.05, 4.69) is 146 Å². The van der Waals surface area contributed by atoms with Crippen LogP contribution in [0.1, 0.15) is 5.56 Å². The first-order valence-electron chi connectivity index (χ1n) is 11.8. The zero-order chi connectivity index (χ0) is 23.0. The van der Waals surface area contributed by atoms with Gasteiger partial charge < -0.3 is 4.12 Å². The summed E-state index contributed by atoms with van der Waals surface area (Å²) in [5.41, 5.74) is 1.32. The Morgan fingerprint density at radius 2 is 0.794 bits per heavy atom. The van der Waals surface area contributed by atoms with E-state index in [1.807, 2.05) is 0 Å². The van der Waals surface area contributed by atoms with Gasteiger partial charge in [0.25, 0.3) is 16.6 Å². The Labute approximate surface area is 203 Å². The molecular formula is C31H26OSi2. The number of fused-ring (bicyclic) bond motifs is 1. The van der Waals surface area contributed by atoms with E-state index in [-0.39, 0.29) is 0 Å². The zero-order valence-corrected chi connectivity index (χ0v) is 21.2. The summed E-state index contributed by atoms with van der Waals surface area (Å²) in [4.78, 5) is 0. The molecule has 1 nitrogen and oxygen atoms in total. The van der Waals surface area contributed by atoms with Crippen molar-refractivity contribution in [2.24, 2.45) is 0 Å². The Kier molecular flexibility index (Phi) is 5.18. The molecule has 0 amide bonds. The molecule has 0 aliphatic carbocycles. The van der Waals surface area contributed by atoms with Gasteiger partial charge in [-0.05, 0) is 43.6 Å². The highest BCUT2D eigenvalue weighted by Crippen LogP contribution is 2.24. The van der Waals surface area contributed by atoms with Crippen molar-refractivity contribution in [2.75, 3.05) is 0 Å². The maximum Gasteiger partial charge on any atom is 0.279 e. The first kappa shape index (κ1) is 21.1. The van der Waals surface area contributed by atoms with Crippen LogP contribution in [0.4, 0.5) is 0 Å². The quantitative estimate of drug-likeness (QED) is 0.367. The summed E-state index contributed by atoms with van der Waals surface area (Å²) in [7, 11) is -5.56. The molecule has 34 heavy (non-hydrogen) atoms. The maximum absolute atomic E-state index is 7.91. The molecule has 0 aromatic heterocycles. The monoisotopic (exact) mass is 470 g/mol. The van der Waals surface area contributed by atoms with Crippen LogP contribution in [0.15, 0.2) is 140 Å². The van der Waals surface area contributed by atoms with Gasteiger partial charge in [-0.2, -0.15) is 0 Å². The van der Waals surface area contributed by atoms with Gasteiger partial charge in [0.15, 0.2) is 0 Å². The molecule has 164 valence electrons. The average Bonchev–Trinajstić information content (AvgIpc) is 3.25. The minimum absolute atomic E-state index is 1.30. The lowest BCUT2D eigenvalue weighted by Gasteiger charge is -2.35. The Morgan fingerprint density at radius 3 is 1.21 bits per heavy atom. The van der Waals surface area contributed by atoms with Crippen LogP contribution in [-0.2, 0) is 4.12 Å². The van der Waals surface area contributed by atoms with Crippen LogP contribution < -0.4 is 31.1 Å². The SMILES string of the molecule is Cc1cccc2c1[Si](c1ccccc1)(c1ccccc1)O[Si]2(c1ccccc1)c1ccccc1. The van der Waals surface area contributed by atoms with Crippen molar-refractivity contribution in [1.29, 1.82) is 0 Å². The van der Waals surface area contributed by atoms with E-state index in [0.29, 0.717) is 0 Å². The summed E-state index contributed by atoms with van der Waals surface area (Å²) in [6, 6.07) is 50.6. The maximum atomic E-state index is 7.91. The Bertz CT molecular complexity index is 1340. The minimum atomic E-state index is -2.79. The fraction of sp³-hybridized carbons (Fsp3) is 0.0323. The Morgan fingerprint density at radius 1 is 0.412 bits per heavy atom. The lowest BCUT2D eigenvalue weighted by Crippen LogP contribution is -2.71. The normalized spacial score (nSPS) is 15.6. The van der Waals surface area contributed by atoms with Gasteiger partial charge in [-0.25, -0.2) is 0 Å². The number of hydrogen-bond acceptors (Lipinski definition) is 1. The molecule has 0 N–H and O–H groups in total. The van der Waals surface area contributed by atoms with E-state index in [1.54, 1.807) is 0 Å². The molecule has 0 unspecified atom stereocenters. The fourth-order valence-corrected chi connectivity index (χ4v) is 17.7. The fourth-order valence-electron chi connectivity index (χ4n) is 5.62. The molecule has 5 aromatic carbocycles. The highest BCUT2D eigenvalue weighted by Gasteiger charge is 2.61. The van der Waals surface area contributed by atoms with Gasteiger partial charge in [0, 0.05) is 0 Å². The van der Waals surface area contributed by atoms with Crippen molar-refractivity contribution in [3.8, 4) is 0 Å². The molecule has 1 aliphatic rings. The summed E-state index contributed by atoms with van der Waals surface area (Å²) in [5, 5.41) is 8.02. The minimum Gasteiger partial charge on any atom is -0.435 e. The van der Waals surface area contributed by atoms with Gasteiger partial charge in [0.1, 0.15) is 0 Å². The van der Waals surface area contributed by atoms with Crippen molar-refractivity contribution < 1.29 is 4.12 Å². The predicted octanol–water partition coefficient (Wildman–Crippen LogP) is 2.96. The molecule has 1 aliphatic heterocycles. The van der Waals surface area contributed by atoms with E-state index in [9.17, 15) is 0 Å². The molecular weight excluding hydrogens is 445 g/mol. The largest absolute Gasteiger partial charge is 0.435 e. The van der Waals surface area contributed by atoms with E-state index in [0.717, 1.165) is 0 Å². The zero-order valence-electron chi connectivity index (χ0n) is 19.2. The molecule has 0 spiro atoms. The average molecular weight is 471 g/mol. The van der Waals surface area contributed by atoms with Crippen LogP contribution in [0.25, 0.3) is 0 Å². The van der Waals surface area contributed by atoms with Crippen molar-refractivity contribution in [3.05, 3.63) is 145 Å². The number of aryl methyl sites for hydroxylation is 1. The number of benzene rings is 5. The highest BCUT2D eigenvalue weighted by atomic mass is 28.4. The standard InChI is InChI=1S/C31H26OSi2/c1-25-15-14-24-30-31(25)34(28-20-10-4-11-21-28,29-22-12-5-13-23-29)32-33(30,26-16-6-2-7-17-26)27-18-8-3-9-19-27/h2-24H,1H3. The van der Waals surface area contributed by atoms with Crippen LogP contribution in [0.3, 0.4) is 0 Å². The topological polar surface area (TPSA) is 9.23 Å². The summed E-state index contributed by atoms with van der Waals surface area (Å²) >= 11 is 0. The van der Waals surface area contributed by atoms with Crippen LogP contribution in [0.2, 0.25) is 0 Å². The second-order valence-corrected chi connectivity index (χ2v) is 15.8. The summed E-state index contributed by atoms with van der Waals surface area (Å²) < 4.78 is 7.91.